The molecule has 0 N–H and O–H groups in total. The first kappa shape index (κ1) is 14.1. The van der Waals surface area contributed by atoms with Gasteiger partial charge in [0, 0.05) is 11.6 Å². The van der Waals surface area contributed by atoms with E-state index < -0.39 is 29.2 Å². The summed E-state index contributed by atoms with van der Waals surface area (Å²) in [5.41, 5.74) is 0.679. The number of ether oxygens (including phenoxy) is 1. The monoisotopic (exact) mass is 303 g/mol. The number of carbonyl (C=O) groups excluding carboxylic acids is 1. The summed E-state index contributed by atoms with van der Waals surface area (Å²) in [6.07, 6.45) is 1.56. The SMILES string of the molecule is O=C(Oc1ccc(F)c(F)c1F)c1ccc2cccnc2c1. The van der Waals surface area contributed by atoms with Gasteiger partial charge in [0.1, 0.15) is 0 Å². The zero-order valence-electron chi connectivity index (χ0n) is 11.0. The van der Waals surface area contributed by atoms with Crippen LogP contribution in [-0.4, -0.2) is 11.0 Å². The first-order chi connectivity index (χ1) is 10.6. The summed E-state index contributed by atoms with van der Waals surface area (Å²) >= 11 is 0. The van der Waals surface area contributed by atoms with Crippen molar-refractivity contribution in [3.8, 4) is 5.75 Å². The van der Waals surface area contributed by atoms with Crippen LogP contribution < -0.4 is 4.74 Å². The quantitative estimate of drug-likeness (QED) is 0.410. The molecule has 1 aromatic heterocycles. The molecule has 0 aliphatic rings. The fourth-order valence-corrected chi connectivity index (χ4v) is 1.94. The first-order valence-electron chi connectivity index (χ1n) is 6.27. The molecule has 0 amide bonds. The van der Waals surface area contributed by atoms with Gasteiger partial charge in [0.15, 0.2) is 17.4 Å². The van der Waals surface area contributed by atoms with E-state index in [1.165, 1.54) is 12.1 Å². The minimum absolute atomic E-state index is 0.121. The minimum atomic E-state index is -1.69. The van der Waals surface area contributed by atoms with E-state index in [9.17, 15) is 18.0 Å². The van der Waals surface area contributed by atoms with Crippen molar-refractivity contribution in [2.24, 2.45) is 0 Å². The average Bonchev–Trinajstić information content (AvgIpc) is 2.55. The Morgan fingerprint density at radius 1 is 1.00 bits per heavy atom. The van der Waals surface area contributed by atoms with E-state index in [0.717, 1.165) is 11.5 Å². The molecule has 22 heavy (non-hydrogen) atoms. The van der Waals surface area contributed by atoms with Crippen molar-refractivity contribution >= 4 is 16.9 Å². The normalized spacial score (nSPS) is 10.7. The van der Waals surface area contributed by atoms with Crippen molar-refractivity contribution in [3.63, 3.8) is 0 Å². The molecule has 0 unspecified atom stereocenters. The number of carbonyl (C=O) groups is 1. The lowest BCUT2D eigenvalue weighted by Crippen LogP contribution is -2.10. The maximum absolute atomic E-state index is 13.5. The lowest BCUT2D eigenvalue weighted by molar-refractivity contribution is 0.0726. The van der Waals surface area contributed by atoms with Crippen LogP contribution in [0.25, 0.3) is 10.9 Å². The number of benzene rings is 2. The molecular formula is C16H8F3NO2. The van der Waals surface area contributed by atoms with Gasteiger partial charge >= 0.3 is 5.97 Å². The predicted octanol–water partition coefficient (Wildman–Crippen LogP) is 3.87. The van der Waals surface area contributed by atoms with E-state index in [1.807, 2.05) is 6.07 Å². The number of esters is 1. The van der Waals surface area contributed by atoms with Crippen LogP contribution in [0.15, 0.2) is 48.7 Å². The molecule has 3 nitrogen and oxygen atoms in total. The first-order valence-corrected chi connectivity index (χ1v) is 6.27. The van der Waals surface area contributed by atoms with Crippen LogP contribution in [0.2, 0.25) is 0 Å². The predicted molar refractivity (Wildman–Crippen MR) is 73.0 cm³/mol. The zero-order chi connectivity index (χ0) is 15.7. The molecule has 0 saturated carbocycles. The Bertz CT molecular complexity index is 880. The Labute approximate surface area is 123 Å². The van der Waals surface area contributed by atoms with Gasteiger partial charge in [-0.3, -0.25) is 4.98 Å². The van der Waals surface area contributed by atoms with Crippen LogP contribution in [0, 0.1) is 17.5 Å². The zero-order valence-corrected chi connectivity index (χ0v) is 11.0. The number of fused-ring (bicyclic) bond motifs is 1. The third kappa shape index (κ3) is 2.50. The number of aromatic nitrogens is 1. The van der Waals surface area contributed by atoms with Gasteiger partial charge in [-0.2, -0.15) is 4.39 Å². The molecule has 0 aliphatic heterocycles. The highest BCUT2D eigenvalue weighted by Crippen LogP contribution is 2.23. The van der Waals surface area contributed by atoms with Crippen LogP contribution in [0.3, 0.4) is 0 Å². The van der Waals surface area contributed by atoms with Crippen molar-refractivity contribution in [2.45, 2.75) is 0 Å². The highest BCUT2D eigenvalue weighted by atomic mass is 19.2. The van der Waals surface area contributed by atoms with Gasteiger partial charge in [-0.25, -0.2) is 13.6 Å². The third-order valence-corrected chi connectivity index (χ3v) is 3.04. The summed E-state index contributed by atoms with van der Waals surface area (Å²) in [5, 5.41) is 0.818. The maximum atomic E-state index is 13.5. The van der Waals surface area contributed by atoms with Crippen LogP contribution in [0.4, 0.5) is 13.2 Å². The van der Waals surface area contributed by atoms with Gasteiger partial charge in [-0.05, 0) is 30.3 Å². The lowest BCUT2D eigenvalue weighted by atomic mass is 10.1. The largest absolute Gasteiger partial charge is 0.420 e. The van der Waals surface area contributed by atoms with Gasteiger partial charge in [-0.1, -0.05) is 12.1 Å². The smallest absolute Gasteiger partial charge is 0.343 e. The molecular weight excluding hydrogens is 295 g/mol. The number of nitrogens with zero attached hydrogens (tertiary/aromatic N) is 1. The molecule has 3 rings (SSSR count). The summed E-state index contributed by atoms with van der Waals surface area (Å²) in [6.45, 7) is 0. The molecule has 0 fully saturated rings. The van der Waals surface area contributed by atoms with E-state index in [-0.39, 0.29) is 5.56 Å². The van der Waals surface area contributed by atoms with E-state index in [1.54, 1.807) is 18.3 Å². The van der Waals surface area contributed by atoms with E-state index >= 15 is 0 Å². The number of halogens is 3. The highest BCUT2D eigenvalue weighted by molar-refractivity contribution is 5.95. The van der Waals surface area contributed by atoms with Crippen molar-refractivity contribution in [1.82, 2.24) is 4.98 Å². The Morgan fingerprint density at radius 3 is 2.64 bits per heavy atom. The average molecular weight is 303 g/mol. The summed E-state index contributed by atoms with van der Waals surface area (Å²) in [5.74, 6) is -6.16. The van der Waals surface area contributed by atoms with Crippen LogP contribution in [0.5, 0.6) is 5.75 Å². The third-order valence-electron chi connectivity index (χ3n) is 3.04. The summed E-state index contributed by atoms with van der Waals surface area (Å²) in [4.78, 5) is 16.1. The summed E-state index contributed by atoms with van der Waals surface area (Å²) in [7, 11) is 0. The molecule has 110 valence electrons. The fourth-order valence-electron chi connectivity index (χ4n) is 1.94. The van der Waals surface area contributed by atoms with Crippen molar-refractivity contribution < 1.29 is 22.7 Å². The second-order valence-corrected chi connectivity index (χ2v) is 4.47. The molecule has 0 aliphatic carbocycles. The molecule has 0 spiro atoms. The Hall–Kier alpha value is -2.89. The maximum Gasteiger partial charge on any atom is 0.343 e. The molecule has 0 bridgehead atoms. The molecule has 6 heteroatoms. The fraction of sp³-hybridized carbons (Fsp3) is 0. The second-order valence-electron chi connectivity index (χ2n) is 4.47. The van der Waals surface area contributed by atoms with Gasteiger partial charge in [0.05, 0.1) is 11.1 Å². The van der Waals surface area contributed by atoms with Gasteiger partial charge < -0.3 is 4.74 Å². The molecule has 0 saturated heterocycles. The number of pyridine rings is 1. The van der Waals surface area contributed by atoms with Gasteiger partial charge in [-0.15, -0.1) is 0 Å². The standard InChI is InChI=1S/C16H8F3NO2/c17-11-5-6-13(15(19)14(11)18)22-16(21)10-4-3-9-2-1-7-20-12(9)8-10/h1-8H. The Morgan fingerprint density at radius 2 is 1.82 bits per heavy atom. The Kier molecular flexibility index (Phi) is 3.50. The topological polar surface area (TPSA) is 39.2 Å². The summed E-state index contributed by atoms with van der Waals surface area (Å²) in [6, 6.07) is 9.69. The number of hydrogen-bond donors (Lipinski definition) is 0. The molecule has 1 heterocycles. The Balaban J connectivity index is 1.92. The lowest BCUT2D eigenvalue weighted by Gasteiger charge is -2.07. The van der Waals surface area contributed by atoms with Gasteiger partial charge in [0.2, 0.25) is 5.82 Å². The molecule has 2 aromatic carbocycles. The second kappa shape index (κ2) is 5.48. The van der Waals surface area contributed by atoms with Crippen molar-refractivity contribution in [3.05, 3.63) is 71.7 Å². The van der Waals surface area contributed by atoms with Crippen LogP contribution in [-0.2, 0) is 0 Å². The van der Waals surface area contributed by atoms with E-state index in [2.05, 4.69) is 4.98 Å². The molecule has 3 aromatic rings. The molecule has 0 atom stereocenters. The van der Waals surface area contributed by atoms with Crippen LogP contribution in [0.1, 0.15) is 10.4 Å². The molecule has 0 radical (unpaired) electrons. The number of hydrogen-bond acceptors (Lipinski definition) is 3. The van der Waals surface area contributed by atoms with Crippen LogP contribution >= 0.6 is 0 Å². The van der Waals surface area contributed by atoms with E-state index in [0.29, 0.717) is 11.6 Å². The van der Waals surface area contributed by atoms with Crippen molar-refractivity contribution in [2.75, 3.05) is 0 Å². The van der Waals surface area contributed by atoms with E-state index in [4.69, 9.17) is 4.74 Å². The van der Waals surface area contributed by atoms with Gasteiger partial charge in [0.25, 0.3) is 0 Å². The summed E-state index contributed by atoms with van der Waals surface area (Å²) < 4.78 is 44.2. The van der Waals surface area contributed by atoms with Crippen molar-refractivity contribution in [1.29, 1.82) is 0 Å². The number of rotatable bonds is 2. The highest BCUT2D eigenvalue weighted by Gasteiger charge is 2.18. The minimum Gasteiger partial charge on any atom is -0.420 e.